The van der Waals surface area contributed by atoms with E-state index >= 15 is 0 Å². The van der Waals surface area contributed by atoms with Gasteiger partial charge in [0.05, 0.1) is 17.5 Å². The van der Waals surface area contributed by atoms with Gasteiger partial charge in [0.1, 0.15) is 5.03 Å². The summed E-state index contributed by atoms with van der Waals surface area (Å²) in [5.74, 6) is -0.285. The van der Waals surface area contributed by atoms with Crippen molar-refractivity contribution in [2.75, 3.05) is 11.0 Å². The van der Waals surface area contributed by atoms with E-state index in [0.717, 1.165) is 15.6 Å². The van der Waals surface area contributed by atoms with E-state index in [-0.39, 0.29) is 12.5 Å². The second-order valence-corrected chi connectivity index (χ2v) is 9.85. The molecule has 0 spiro atoms. The Hall–Kier alpha value is -2.36. The molecule has 0 fully saturated rings. The molecule has 0 aliphatic carbocycles. The predicted octanol–water partition coefficient (Wildman–Crippen LogP) is 4.30. The highest BCUT2D eigenvalue weighted by atomic mass is 79.9. The molecular weight excluding hydrogens is 474 g/mol. The SMILES string of the molecule is CS(=O)(=O)Nc1ccccc1CNC(=O)c1cccnc1Sc1ccc(Br)cc1. The molecule has 0 aliphatic rings. The number of anilines is 1. The molecule has 0 unspecified atom stereocenters. The lowest BCUT2D eigenvalue weighted by Gasteiger charge is -2.12. The largest absolute Gasteiger partial charge is 0.348 e. The normalized spacial score (nSPS) is 11.1. The lowest BCUT2D eigenvalue weighted by atomic mass is 10.2. The Bertz CT molecular complexity index is 1120. The molecule has 0 radical (unpaired) electrons. The number of amides is 1. The lowest BCUT2D eigenvalue weighted by Crippen LogP contribution is -2.24. The van der Waals surface area contributed by atoms with Crippen LogP contribution >= 0.6 is 27.7 Å². The van der Waals surface area contributed by atoms with Crippen LogP contribution in [0.25, 0.3) is 0 Å². The summed E-state index contributed by atoms with van der Waals surface area (Å²) < 4.78 is 26.5. The molecule has 150 valence electrons. The Labute approximate surface area is 182 Å². The first-order valence-electron chi connectivity index (χ1n) is 8.54. The van der Waals surface area contributed by atoms with Gasteiger partial charge in [-0.05, 0) is 48.0 Å². The van der Waals surface area contributed by atoms with Gasteiger partial charge in [-0.25, -0.2) is 13.4 Å². The highest BCUT2D eigenvalue weighted by Gasteiger charge is 2.14. The molecule has 3 rings (SSSR count). The van der Waals surface area contributed by atoms with Crippen LogP contribution in [0.5, 0.6) is 0 Å². The molecule has 1 heterocycles. The highest BCUT2D eigenvalue weighted by Crippen LogP contribution is 2.29. The standard InChI is InChI=1S/C20H18BrN3O3S2/c1-29(26,27)24-18-7-3-2-5-14(18)13-23-19(25)17-6-4-12-22-20(17)28-16-10-8-15(21)9-11-16/h2-12,24H,13H2,1H3,(H,23,25). The van der Waals surface area contributed by atoms with Crippen molar-refractivity contribution in [3.05, 3.63) is 82.5 Å². The van der Waals surface area contributed by atoms with Crippen LogP contribution in [0.1, 0.15) is 15.9 Å². The smallest absolute Gasteiger partial charge is 0.254 e. The summed E-state index contributed by atoms with van der Waals surface area (Å²) in [5.41, 5.74) is 1.55. The third-order valence-electron chi connectivity index (χ3n) is 3.80. The van der Waals surface area contributed by atoms with Crippen LogP contribution in [0.15, 0.2) is 81.3 Å². The minimum Gasteiger partial charge on any atom is -0.348 e. The first-order chi connectivity index (χ1) is 13.8. The van der Waals surface area contributed by atoms with Crippen molar-refractivity contribution in [1.29, 1.82) is 0 Å². The van der Waals surface area contributed by atoms with Crippen LogP contribution in [-0.2, 0) is 16.6 Å². The van der Waals surface area contributed by atoms with Gasteiger partial charge in [0.25, 0.3) is 5.91 Å². The second kappa shape index (κ2) is 9.43. The van der Waals surface area contributed by atoms with Crippen molar-refractivity contribution in [3.8, 4) is 0 Å². The summed E-state index contributed by atoms with van der Waals surface area (Å²) in [6, 6.07) is 18.1. The van der Waals surface area contributed by atoms with Gasteiger partial charge in [-0.15, -0.1) is 0 Å². The molecule has 2 aromatic carbocycles. The fourth-order valence-electron chi connectivity index (χ4n) is 2.50. The van der Waals surface area contributed by atoms with Crippen LogP contribution < -0.4 is 10.0 Å². The van der Waals surface area contributed by atoms with E-state index < -0.39 is 10.0 Å². The number of sulfonamides is 1. The number of hydrogen-bond acceptors (Lipinski definition) is 5. The Kier molecular flexibility index (Phi) is 6.94. The van der Waals surface area contributed by atoms with Crippen molar-refractivity contribution in [2.45, 2.75) is 16.5 Å². The molecule has 0 saturated heterocycles. The molecule has 0 saturated carbocycles. The number of carbonyl (C=O) groups excluding carboxylic acids is 1. The zero-order valence-corrected chi connectivity index (χ0v) is 18.6. The van der Waals surface area contributed by atoms with Gasteiger partial charge in [-0.3, -0.25) is 9.52 Å². The number of rotatable bonds is 7. The number of hydrogen-bond donors (Lipinski definition) is 2. The van der Waals surface area contributed by atoms with Crippen molar-refractivity contribution < 1.29 is 13.2 Å². The Morgan fingerprint density at radius 1 is 1.07 bits per heavy atom. The molecule has 6 nitrogen and oxygen atoms in total. The minimum absolute atomic E-state index is 0.175. The molecule has 0 aliphatic heterocycles. The monoisotopic (exact) mass is 491 g/mol. The third kappa shape index (κ3) is 6.31. The number of para-hydroxylation sites is 1. The topological polar surface area (TPSA) is 88.2 Å². The van der Waals surface area contributed by atoms with Crippen LogP contribution in [0, 0.1) is 0 Å². The lowest BCUT2D eigenvalue weighted by molar-refractivity contribution is 0.0947. The molecule has 9 heteroatoms. The molecule has 0 atom stereocenters. The van der Waals surface area contributed by atoms with Gasteiger partial charge >= 0.3 is 0 Å². The average molecular weight is 492 g/mol. The summed E-state index contributed by atoms with van der Waals surface area (Å²) in [4.78, 5) is 18.1. The minimum atomic E-state index is -3.41. The Balaban J connectivity index is 1.75. The van der Waals surface area contributed by atoms with Crippen LogP contribution in [0.4, 0.5) is 5.69 Å². The molecule has 2 N–H and O–H groups in total. The number of carbonyl (C=O) groups is 1. The van der Waals surface area contributed by atoms with E-state index in [1.807, 2.05) is 24.3 Å². The number of nitrogens with one attached hydrogen (secondary N) is 2. The molecule has 1 amide bonds. The van der Waals surface area contributed by atoms with Gasteiger partial charge < -0.3 is 5.32 Å². The highest BCUT2D eigenvalue weighted by molar-refractivity contribution is 9.10. The fraction of sp³-hybridized carbons (Fsp3) is 0.100. The van der Waals surface area contributed by atoms with E-state index in [1.54, 1.807) is 42.6 Å². The van der Waals surface area contributed by atoms with Crippen LogP contribution in [0.2, 0.25) is 0 Å². The molecule has 0 bridgehead atoms. The summed E-state index contributed by atoms with van der Waals surface area (Å²) in [6.45, 7) is 0.175. The summed E-state index contributed by atoms with van der Waals surface area (Å²) in [5, 5.41) is 3.43. The zero-order chi connectivity index (χ0) is 20.9. The van der Waals surface area contributed by atoms with Crippen molar-refractivity contribution in [2.24, 2.45) is 0 Å². The quantitative estimate of drug-likeness (QED) is 0.514. The molecule has 3 aromatic rings. The van der Waals surface area contributed by atoms with Crippen LogP contribution in [-0.4, -0.2) is 25.6 Å². The molecular formula is C20H18BrN3O3S2. The first kappa shape index (κ1) is 21.4. The van der Waals surface area contributed by atoms with Gasteiger partial charge in [-0.2, -0.15) is 0 Å². The number of aromatic nitrogens is 1. The summed E-state index contributed by atoms with van der Waals surface area (Å²) in [6.07, 6.45) is 2.73. The molecule has 1 aromatic heterocycles. The van der Waals surface area contributed by atoms with Crippen molar-refractivity contribution in [1.82, 2.24) is 10.3 Å². The van der Waals surface area contributed by atoms with E-state index in [0.29, 0.717) is 21.8 Å². The van der Waals surface area contributed by atoms with Crippen molar-refractivity contribution >= 4 is 49.3 Å². The van der Waals surface area contributed by atoms with E-state index in [1.165, 1.54) is 11.8 Å². The number of nitrogens with zero attached hydrogens (tertiary/aromatic N) is 1. The zero-order valence-electron chi connectivity index (χ0n) is 15.4. The number of pyridine rings is 1. The van der Waals surface area contributed by atoms with Crippen molar-refractivity contribution in [3.63, 3.8) is 0 Å². The van der Waals surface area contributed by atoms with E-state index in [4.69, 9.17) is 0 Å². The predicted molar refractivity (Wildman–Crippen MR) is 119 cm³/mol. The van der Waals surface area contributed by atoms with Gasteiger partial charge in [0, 0.05) is 22.1 Å². The van der Waals surface area contributed by atoms with Gasteiger partial charge in [0.15, 0.2) is 0 Å². The maximum atomic E-state index is 12.8. The van der Waals surface area contributed by atoms with E-state index in [2.05, 4.69) is 31.0 Å². The first-order valence-corrected chi connectivity index (χ1v) is 12.0. The van der Waals surface area contributed by atoms with E-state index in [9.17, 15) is 13.2 Å². The number of halogens is 1. The maximum absolute atomic E-state index is 12.8. The Morgan fingerprint density at radius 3 is 2.52 bits per heavy atom. The average Bonchev–Trinajstić information content (AvgIpc) is 2.68. The van der Waals surface area contributed by atoms with Gasteiger partial charge in [0.2, 0.25) is 10.0 Å². The fourth-order valence-corrected chi connectivity index (χ4v) is 4.25. The summed E-state index contributed by atoms with van der Waals surface area (Å²) >= 11 is 4.80. The third-order valence-corrected chi connectivity index (χ3v) is 5.94. The Morgan fingerprint density at radius 2 is 1.79 bits per heavy atom. The second-order valence-electron chi connectivity index (χ2n) is 6.13. The number of benzene rings is 2. The van der Waals surface area contributed by atoms with Gasteiger partial charge in [-0.1, -0.05) is 45.9 Å². The van der Waals surface area contributed by atoms with Crippen LogP contribution in [0.3, 0.4) is 0 Å². The molecule has 29 heavy (non-hydrogen) atoms. The maximum Gasteiger partial charge on any atom is 0.254 e. The summed E-state index contributed by atoms with van der Waals surface area (Å²) in [7, 11) is -3.41.